The Labute approximate surface area is 420 Å². The van der Waals surface area contributed by atoms with Crippen LogP contribution in [0.25, 0.3) is 87.6 Å². The van der Waals surface area contributed by atoms with Gasteiger partial charge in [0.1, 0.15) is 0 Å². The summed E-state index contributed by atoms with van der Waals surface area (Å²) in [6.07, 6.45) is 0. The summed E-state index contributed by atoms with van der Waals surface area (Å²) in [6.45, 7) is 0. The van der Waals surface area contributed by atoms with Crippen LogP contribution >= 0.6 is 0 Å². The third-order valence-electron chi connectivity index (χ3n) is 15.3. The number of hydrogen-bond acceptors (Lipinski definition) is 1. The zero-order chi connectivity index (χ0) is 47.6. The van der Waals surface area contributed by atoms with Crippen LogP contribution in [-0.2, 0) is 5.41 Å². The van der Waals surface area contributed by atoms with Crippen LogP contribution in [0.3, 0.4) is 0 Å². The molecular formula is C71H47N. The molecule has 0 heterocycles. The summed E-state index contributed by atoms with van der Waals surface area (Å²) in [5.41, 5.74) is 17.7. The quantitative estimate of drug-likeness (QED) is 0.137. The summed E-state index contributed by atoms with van der Waals surface area (Å²) in [4.78, 5) is 2.43. The first-order valence-corrected chi connectivity index (χ1v) is 25.0. The third-order valence-corrected chi connectivity index (χ3v) is 15.3. The van der Waals surface area contributed by atoms with Crippen LogP contribution in [0.5, 0.6) is 0 Å². The Hall–Kier alpha value is -9.30. The average Bonchev–Trinajstić information content (AvgIpc) is 3.76. The number of anilines is 3. The van der Waals surface area contributed by atoms with Gasteiger partial charge in [-0.05, 0) is 158 Å². The second-order valence-electron chi connectivity index (χ2n) is 19.1. The maximum absolute atomic E-state index is 2.46. The van der Waals surface area contributed by atoms with E-state index in [0.29, 0.717) is 0 Å². The third kappa shape index (κ3) is 6.63. The lowest BCUT2D eigenvalue weighted by Gasteiger charge is -2.34. The van der Waals surface area contributed by atoms with E-state index in [1.165, 1.54) is 104 Å². The summed E-state index contributed by atoms with van der Waals surface area (Å²) in [6, 6.07) is 105. The van der Waals surface area contributed by atoms with Gasteiger partial charge in [0.2, 0.25) is 0 Å². The molecule has 0 aromatic heterocycles. The van der Waals surface area contributed by atoms with Crippen LogP contribution in [0, 0.1) is 0 Å². The molecule has 0 bridgehead atoms. The lowest BCUT2D eigenvalue weighted by Crippen LogP contribution is -2.28. The number of rotatable bonds is 8. The molecule has 0 amide bonds. The fraction of sp³-hybridized carbons (Fsp3) is 0.0141. The summed E-state index contributed by atoms with van der Waals surface area (Å²) in [7, 11) is 0. The predicted octanol–water partition coefficient (Wildman–Crippen LogP) is 19.1. The molecule has 0 aliphatic heterocycles. The molecule has 0 spiro atoms. The van der Waals surface area contributed by atoms with Crippen molar-refractivity contribution in [1.82, 2.24) is 0 Å². The molecule has 13 aromatic carbocycles. The van der Waals surface area contributed by atoms with Crippen LogP contribution in [0.1, 0.15) is 22.3 Å². The van der Waals surface area contributed by atoms with Crippen LogP contribution in [-0.4, -0.2) is 0 Å². The monoisotopic (exact) mass is 913 g/mol. The highest BCUT2D eigenvalue weighted by atomic mass is 15.1. The summed E-state index contributed by atoms with van der Waals surface area (Å²) >= 11 is 0. The lowest BCUT2D eigenvalue weighted by atomic mass is 9.67. The first kappa shape index (κ1) is 41.7. The van der Waals surface area contributed by atoms with Gasteiger partial charge in [-0.1, -0.05) is 237 Å². The molecule has 336 valence electrons. The summed E-state index contributed by atoms with van der Waals surface area (Å²) in [5, 5.41) is 10.1. The van der Waals surface area contributed by atoms with Gasteiger partial charge in [-0.25, -0.2) is 0 Å². The van der Waals surface area contributed by atoms with E-state index in [4.69, 9.17) is 0 Å². The minimum absolute atomic E-state index is 0.466. The van der Waals surface area contributed by atoms with E-state index in [1.807, 2.05) is 0 Å². The highest BCUT2D eigenvalue weighted by molar-refractivity contribution is 6.25. The predicted molar refractivity (Wildman–Crippen MR) is 305 cm³/mol. The van der Waals surface area contributed by atoms with Gasteiger partial charge in [0.25, 0.3) is 0 Å². The number of fused-ring (bicyclic) bond motifs is 10. The maximum atomic E-state index is 2.46. The number of benzene rings is 13. The van der Waals surface area contributed by atoms with Gasteiger partial charge in [0.05, 0.1) is 5.41 Å². The minimum atomic E-state index is -0.466. The highest BCUT2D eigenvalue weighted by Gasteiger charge is 2.46. The lowest BCUT2D eigenvalue weighted by molar-refractivity contribution is 0.769. The van der Waals surface area contributed by atoms with Gasteiger partial charge in [0.15, 0.2) is 0 Å². The molecule has 1 aliphatic rings. The smallest absolute Gasteiger partial charge is 0.0713 e. The topological polar surface area (TPSA) is 3.24 Å². The second-order valence-corrected chi connectivity index (χ2v) is 19.1. The Morgan fingerprint density at radius 1 is 0.222 bits per heavy atom. The van der Waals surface area contributed by atoms with Crippen molar-refractivity contribution in [1.29, 1.82) is 0 Å². The minimum Gasteiger partial charge on any atom is -0.310 e. The van der Waals surface area contributed by atoms with Crippen molar-refractivity contribution in [2.75, 3.05) is 4.90 Å². The molecule has 1 aliphatic carbocycles. The van der Waals surface area contributed by atoms with E-state index in [0.717, 1.165) is 22.6 Å². The van der Waals surface area contributed by atoms with Crippen molar-refractivity contribution in [2.45, 2.75) is 5.41 Å². The van der Waals surface area contributed by atoms with Crippen molar-refractivity contribution >= 4 is 60.2 Å². The van der Waals surface area contributed by atoms with E-state index in [1.54, 1.807) is 0 Å². The highest BCUT2D eigenvalue weighted by Crippen LogP contribution is 2.57. The molecule has 0 atom stereocenters. The Bertz CT molecular complexity index is 4130. The van der Waals surface area contributed by atoms with Crippen LogP contribution in [0.15, 0.2) is 285 Å². The Morgan fingerprint density at radius 2 is 0.694 bits per heavy atom. The van der Waals surface area contributed by atoms with E-state index in [2.05, 4.69) is 290 Å². The van der Waals surface area contributed by atoms with Gasteiger partial charge < -0.3 is 4.90 Å². The van der Waals surface area contributed by atoms with Crippen molar-refractivity contribution < 1.29 is 0 Å². The van der Waals surface area contributed by atoms with Crippen LogP contribution in [0.2, 0.25) is 0 Å². The van der Waals surface area contributed by atoms with E-state index < -0.39 is 5.41 Å². The van der Waals surface area contributed by atoms with Gasteiger partial charge in [-0.3, -0.25) is 0 Å². The van der Waals surface area contributed by atoms with E-state index >= 15 is 0 Å². The molecule has 1 heteroatoms. The average molecular weight is 914 g/mol. The molecule has 0 unspecified atom stereocenters. The standard InChI is InChI=1S/C71H47N/c1-3-23-54(24-4-1)71(55-25-5-2-6-26-55)69-35-14-13-33-66(69)67-42-38-52(46-70(67)71)48-36-39-56(40-37-48)72(58-41-43-65-63-31-10-9-29-61(63)62-30-11-12-32-64(62)68(65)47-58)57-27-16-21-51(45-57)50-20-15-22-53(44-50)60-34-17-19-49-18-7-8-28-59(49)60/h1-47H. The Kier molecular flexibility index (Phi) is 9.82. The molecular weight excluding hydrogens is 867 g/mol. The van der Waals surface area contributed by atoms with E-state index in [-0.39, 0.29) is 0 Å². The molecule has 72 heavy (non-hydrogen) atoms. The van der Waals surface area contributed by atoms with Gasteiger partial charge in [-0.2, -0.15) is 0 Å². The normalized spacial score (nSPS) is 12.6. The molecule has 0 saturated heterocycles. The van der Waals surface area contributed by atoms with Gasteiger partial charge in [-0.15, -0.1) is 0 Å². The van der Waals surface area contributed by atoms with Crippen molar-refractivity contribution in [3.63, 3.8) is 0 Å². The zero-order valence-corrected chi connectivity index (χ0v) is 39.6. The SMILES string of the molecule is c1ccc(C2(c3ccccc3)c3ccccc3-c3ccc(-c4ccc(N(c5cccc(-c6cccc(-c7cccc8ccccc78)c6)c5)c5ccc6c7ccccc7c7ccccc7c6c5)cc4)cc32)cc1. The zero-order valence-electron chi connectivity index (χ0n) is 39.6. The molecule has 13 aromatic rings. The fourth-order valence-corrected chi connectivity index (χ4v) is 12.1. The Balaban J connectivity index is 0.919. The van der Waals surface area contributed by atoms with Crippen LogP contribution < -0.4 is 4.90 Å². The van der Waals surface area contributed by atoms with Crippen molar-refractivity contribution in [2.24, 2.45) is 0 Å². The first-order chi connectivity index (χ1) is 35.7. The van der Waals surface area contributed by atoms with Gasteiger partial charge in [0, 0.05) is 17.1 Å². The second kappa shape index (κ2) is 17.0. The number of nitrogens with zero attached hydrogens (tertiary/aromatic N) is 1. The molecule has 0 saturated carbocycles. The summed E-state index contributed by atoms with van der Waals surface area (Å²) in [5.74, 6) is 0. The molecule has 1 nitrogen and oxygen atoms in total. The molecule has 0 N–H and O–H groups in total. The van der Waals surface area contributed by atoms with Crippen molar-refractivity contribution in [3.05, 3.63) is 307 Å². The molecule has 0 radical (unpaired) electrons. The number of hydrogen-bond donors (Lipinski definition) is 0. The van der Waals surface area contributed by atoms with Crippen LogP contribution in [0.4, 0.5) is 17.1 Å². The largest absolute Gasteiger partial charge is 0.310 e. The molecule has 14 rings (SSSR count). The maximum Gasteiger partial charge on any atom is 0.0713 e. The van der Waals surface area contributed by atoms with Crippen molar-refractivity contribution in [3.8, 4) is 44.5 Å². The first-order valence-electron chi connectivity index (χ1n) is 25.0. The fourth-order valence-electron chi connectivity index (χ4n) is 12.1. The molecule has 0 fully saturated rings. The van der Waals surface area contributed by atoms with Gasteiger partial charge >= 0.3 is 0 Å². The Morgan fingerprint density at radius 3 is 1.42 bits per heavy atom. The summed E-state index contributed by atoms with van der Waals surface area (Å²) < 4.78 is 0. The van der Waals surface area contributed by atoms with E-state index in [9.17, 15) is 0 Å².